The third-order valence-corrected chi connectivity index (χ3v) is 3.57. The predicted octanol–water partition coefficient (Wildman–Crippen LogP) is 1.86. The van der Waals surface area contributed by atoms with Gasteiger partial charge in [-0.25, -0.2) is 0 Å². The molecule has 1 aromatic rings. The molecule has 110 valence electrons. The van der Waals surface area contributed by atoms with Crippen LogP contribution >= 0.6 is 15.9 Å². The quantitative estimate of drug-likeness (QED) is 0.857. The third kappa shape index (κ3) is 4.31. The van der Waals surface area contributed by atoms with E-state index < -0.39 is 11.9 Å². The van der Waals surface area contributed by atoms with E-state index in [9.17, 15) is 9.59 Å². The molecule has 2 atom stereocenters. The molecule has 1 rings (SSSR count). The molecule has 0 radical (unpaired) electrons. The number of methoxy groups -OCH3 is 1. The molecule has 5 nitrogen and oxygen atoms in total. The van der Waals surface area contributed by atoms with E-state index in [1.54, 1.807) is 32.2 Å². The van der Waals surface area contributed by atoms with Crippen LogP contribution in [-0.2, 0) is 14.3 Å². The van der Waals surface area contributed by atoms with E-state index in [1.807, 2.05) is 6.07 Å². The average molecular weight is 343 g/mol. The molecule has 0 bridgehead atoms. The fourth-order valence-electron chi connectivity index (χ4n) is 1.87. The van der Waals surface area contributed by atoms with Gasteiger partial charge in [-0.1, -0.05) is 28.1 Å². The molecule has 0 heterocycles. The maximum absolute atomic E-state index is 12.1. The summed E-state index contributed by atoms with van der Waals surface area (Å²) in [5, 5.41) is 0. The molecule has 0 saturated carbocycles. The SMILES string of the molecule is COC(C)CC(=O)N(C)C(C(N)=O)c1cccc(Br)c1. The lowest BCUT2D eigenvalue weighted by atomic mass is 10.0. The third-order valence-electron chi connectivity index (χ3n) is 3.08. The number of nitrogens with zero attached hydrogens (tertiary/aromatic N) is 1. The summed E-state index contributed by atoms with van der Waals surface area (Å²) in [4.78, 5) is 25.2. The zero-order valence-electron chi connectivity index (χ0n) is 11.8. The van der Waals surface area contributed by atoms with Crippen molar-refractivity contribution in [3.05, 3.63) is 34.3 Å². The van der Waals surface area contributed by atoms with Gasteiger partial charge >= 0.3 is 0 Å². The van der Waals surface area contributed by atoms with Crippen molar-refractivity contribution in [3.63, 3.8) is 0 Å². The Hall–Kier alpha value is -1.40. The van der Waals surface area contributed by atoms with E-state index in [0.717, 1.165) is 4.47 Å². The summed E-state index contributed by atoms with van der Waals surface area (Å²) in [5.41, 5.74) is 6.12. The Kier molecular flexibility index (Phi) is 6.16. The van der Waals surface area contributed by atoms with Gasteiger partial charge in [-0.15, -0.1) is 0 Å². The first kappa shape index (κ1) is 16.7. The minimum absolute atomic E-state index is 0.192. The second kappa shape index (κ2) is 7.40. The molecule has 2 unspecified atom stereocenters. The zero-order valence-corrected chi connectivity index (χ0v) is 13.4. The molecule has 2 N–H and O–H groups in total. The molecular formula is C14H19BrN2O3. The summed E-state index contributed by atoms with van der Waals surface area (Å²) in [7, 11) is 3.11. The topological polar surface area (TPSA) is 72.6 Å². The number of ether oxygens (including phenoxy) is 1. The van der Waals surface area contributed by atoms with Crippen LogP contribution < -0.4 is 5.73 Å². The largest absolute Gasteiger partial charge is 0.381 e. The Labute approximate surface area is 127 Å². The van der Waals surface area contributed by atoms with Crippen molar-refractivity contribution in [1.29, 1.82) is 0 Å². The van der Waals surface area contributed by atoms with Crippen LogP contribution in [0.15, 0.2) is 28.7 Å². The molecular weight excluding hydrogens is 324 g/mol. The van der Waals surface area contributed by atoms with Gasteiger partial charge in [0.05, 0.1) is 12.5 Å². The van der Waals surface area contributed by atoms with Crippen LogP contribution in [0.4, 0.5) is 0 Å². The van der Waals surface area contributed by atoms with Gasteiger partial charge in [-0.2, -0.15) is 0 Å². The lowest BCUT2D eigenvalue weighted by molar-refractivity contribution is -0.139. The van der Waals surface area contributed by atoms with Gasteiger partial charge in [0.25, 0.3) is 0 Å². The molecule has 1 aromatic carbocycles. The molecule has 6 heteroatoms. The van der Waals surface area contributed by atoms with Crippen LogP contribution in [0.1, 0.15) is 24.9 Å². The van der Waals surface area contributed by atoms with Gasteiger partial charge in [0.15, 0.2) is 0 Å². The van der Waals surface area contributed by atoms with Crippen molar-refractivity contribution < 1.29 is 14.3 Å². The molecule has 20 heavy (non-hydrogen) atoms. The fraction of sp³-hybridized carbons (Fsp3) is 0.429. The van der Waals surface area contributed by atoms with Crippen LogP contribution in [0, 0.1) is 0 Å². The number of carbonyl (C=O) groups excluding carboxylic acids is 2. The number of carbonyl (C=O) groups is 2. The van der Waals surface area contributed by atoms with E-state index in [2.05, 4.69) is 15.9 Å². The zero-order chi connectivity index (χ0) is 15.3. The average Bonchev–Trinajstić information content (AvgIpc) is 2.38. The number of nitrogens with two attached hydrogens (primary N) is 1. The molecule has 0 aliphatic heterocycles. The number of rotatable bonds is 6. The highest BCUT2D eigenvalue weighted by Crippen LogP contribution is 2.23. The number of benzene rings is 1. The van der Waals surface area contributed by atoms with Crippen molar-refractivity contribution >= 4 is 27.7 Å². The smallest absolute Gasteiger partial charge is 0.244 e. The molecule has 0 spiro atoms. The Morgan fingerprint density at radius 3 is 2.60 bits per heavy atom. The first-order valence-electron chi connectivity index (χ1n) is 6.20. The van der Waals surface area contributed by atoms with Gasteiger partial charge in [-0.3, -0.25) is 9.59 Å². The maximum atomic E-state index is 12.1. The van der Waals surface area contributed by atoms with Crippen LogP contribution in [0.25, 0.3) is 0 Å². The Morgan fingerprint density at radius 2 is 2.10 bits per heavy atom. The Morgan fingerprint density at radius 1 is 1.45 bits per heavy atom. The second-order valence-corrected chi connectivity index (χ2v) is 5.53. The van der Waals surface area contributed by atoms with E-state index in [4.69, 9.17) is 10.5 Å². The molecule has 0 saturated heterocycles. The highest BCUT2D eigenvalue weighted by molar-refractivity contribution is 9.10. The summed E-state index contributed by atoms with van der Waals surface area (Å²) in [6.45, 7) is 1.80. The van der Waals surface area contributed by atoms with Gasteiger partial charge in [0.1, 0.15) is 6.04 Å². The highest BCUT2D eigenvalue weighted by atomic mass is 79.9. The summed E-state index contributed by atoms with van der Waals surface area (Å²) >= 11 is 3.34. The standard InChI is InChI=1S/C14H19BrN2O3/c1-9(20-3)7-12(18)17(2)13(14(16)19)10-5-4-6-11(15)8-10/h4-6,8-9,13H,7H2,1-3H3,(H2,16,19). The normalized spacial score (nSPS) is 13.6. The summed E-state index contributed by atoms with van der Waals surface area (Å²) in [5.74, 6) is -0.757. The van der Waals surface area contributed by atoms with Gasteiger partial charge < -0.3 is 15.4 Å². The predicted molar refractivity (Wildman–Crippen MR) is 79.9 cm³/mol. The van der Waals surface area contributed by atoms with Crippen molar-refractivity contribution in [1.82, 2.24) is 4.90 Å². The van der Waals surface area contributed by atoms with E-state index in [0.29, 0.717) is 5.56 Å². The monoisotopic (exact) mass is 342 g/mol. The van der Waals surface area contributed by atoms with Crippen molar-refractivity contribution in [2.24, 2.45) is 5.73 Å². The molecule has 0 aliphatic carbocycles. The van der Waals surface area contributed by atoms with E-state index >= 15 is 0 Å². The summed E-state index contributed by atoms with van der Waals surface area (Å²) in [6, 6.07) is 6.40. The lowest BCUT2D eigenvalue weighted by Crippen LogP contribution is -2.40. The minimum Gasteiger partial charge on any atom is -0.381 e. The van der Waals surface area contributed by atoms with Crippen molar-refractivity contribution in [2.75, 3.05) is 14.2 Å². The highest BCUT2D eigenvalue weighted by Gasteiger charge is 2.27. The molecule has 0 aliphatic rings. The fourth-order valence-corrected chi connectivity index (χ4v) is 2.29. The van der Waals surface area contributed by atoms with E-state index in [1.165, 1.54) is 12.0 Å². The van der Waals surface area contributed by atoms with Crippen LogP contribution in [0.2, 0.25) is 0 Å². The van der Waals surface area contributed by atoms with Gasteiger partial charge in [0.2, 0.25) is 11.8 Å². The first-order chi connectivity index (χ1) is 9.36. The Balaban J connectivity index is 2.97. The minimum atomic E-state index is -0.788. The maximum Gasteiger partial charge on any atom is 0.244 e. The number of hydrogen-bond acceptors (Lipinski definition) is 3. The lowest BCUT2D eigenvalue weighted by Gasteiger charge is -2.27. The summed E-state index contributed by atoms with van der Waals surface area (Å²) < 4.78 is 5.89. The first-order valence-corrected chi connectivity index (χ1v) is 6.99. The number of hydrogen-bond donors (Lipinski definition) is 1. The number of likely N-dealkylation sites (N-methyl/N-ethyl adjacent to an activating group) is 1. The number of amides is 2. The van der Waals surface area contributed by atoms with E-state index in [-0.39, 0.29) is 18.4 Å². The molecule has 2 amide bonds. The Bertz CT molecular complexity index is 493. The number of halogens is 1. The second-order valence-electron chi connectivity index (χ2n) is 4.61. The van der Waals surface area contributed by atoms with Crippen LogP contribution in [0.3, 0.4) is 0 Å². The molecule has 0 fully saturated rings. The van der Waals surface area contributed by atoms with Crippen molar-refractivity contribution in [3.8, 4) is 0 Å². The van der Waals surface area contributed by atoms with Gasteiger partial charge in [-0.05, 0) is 24.6 Å². The molecule has 0 aromatic heterocycles. The van der Waals surface area contributed by atoms with Crippen LogP contribution in [-0.4, -0.2) is 37.0 Å². The van der Waals surface area contributed by atoms with Gasteiger partial charge in [0, 0.05) is 18.6 Å². The van der Waals surface area contributed by atoms with Crippen LogP contribution in [0.5, 0.6) is 0 Å². The summed E-state index contributed by atoms with van der Waals surface area (Å²) in [6.07, 6.45) is -0.00823. The number of primary amides is 1. The van der Waals surface area contributed by atoms with Crippen molar-refractivity contribution in [2.45, 2.75) is 25.5 Å².